The van der Waals surface area contributed by atoms with E-state index in [1.54, 1.807) is 0 Å². The van der Waals surface area contributed by atoms with E-state index in [4.69, 9.17) is 9.84 Å². The summed E-state index contributed by atoms with van der Waals surface area (Å²) in [6.07, 6.45) is 0.00647. The number of carbonyl (C=O) groups is 3. The topological polar surface area (TPSA) is 139 Å². The number of carbonyl (C=O) groups excluding carboxylic acids is 2. The maximum absolute atomic E-state index is 12.9. The molecule has 0 aliphatic carbocycles. The van der Waals surface area contributed by atoms with Crippen molar-refractivity contribution in [3.05, 3.63) is 64.2 Å². The smallest absolute Gasteiger partial charge is 0.335 e. The largest absolute Gasteiger partial charge is 0.478 e. The number of hydrogen-bond acceptors (Lipinski definition) is 6. The van der Waals surface area contributed by atoms with E-state index in [9.17, 15) is 24.5 Å². The van der Waals surface area contributed by atoms with E-state index in [1.165, 1.54) is 48.5 Å². The molecule has 31 heavy (non-hydrogen) atoms. The molecule has 0 spiro atoms. The number of β-lactam (4-membered cyclic amide) rings is 1. The second kappa shape index (κ2) is 8.42. The average Bonchev–Trinajstić information content (AvgIpc) is 2.75. The Morgan fingerprint density at radius 3 is 2.19 bits per heavy atom. The van der Waals surface area contributed by atoms with Crippen LogP contribution in [0, 0.1) is 15.5 Å². The van der Waals surface area contributed by atoms with Gasteiger partial charge in [-0.3, -0.25) is 14.9 Å². The first-order valence-electron chi connectivity index (χ1n) is 9.62. The van der Waals surface area contributed by atoms with Gasteiger partial charge in [0.1, 0.15) is 11.2 Å². The molecular formula is C21H21N3O7. The van der Waals surface area contributed by atoms with Crippen molar-refractivity contribution < 1.29 is 29.2 Å². The Morgan fingerprint density at radius 2 is 1.71 bits per heavy atom. The number of hydrogen-bond donors (Lipinski definition) is 2. The number of rotatable bonds is 7. The number of nitrogens with one attached hydrogen (secondary N) is 1. The predicted molar refractivity (Wildman–Crippen MR) is 110 cm³/mol. The average molecular weight is 427 g/mol. The molecule has 0 bridgehead atoms. The van der Waals surface area contributed by atoms with Gasteiger partial charge in [-0.1, -0.05) is 13.8 Å². The third-order valence-corrected chi connectivity index (χ3v) is 5.51. The van der Waals surface area contributed by atoms with Gasteiger partial charge < -0.3 is 15.2 Å². The maximum atomic E-state index is 12.9. The highest BCUT2D eigenvalue weighted by Crippen LogP contribution is 2.46. The van der Waals surface area contributed by atoms with Gasteiger partial charge in [-0.05, 0) is 49.2 Å². The van der Waals surface area contributed by atoms with Gasteiger partial charge in [-0.2, -0.15) is 0 Å². The molecule has 0 radical (unpaired) electrons. The number of likely N-dealkylation sites (tertiary alicyclic amines) is 1. The molecule has 1 aliphatic heterocycles. The summed E-state index contributed by atoms with van der Waals surface area (Å²) in [6, 6.07) is 10.2. The van der Waals surface area contributed by atoms with Crippen LogP contribution in [0.3, 0.4) is 0 Å². The molecule has 10 heteroatoms. The molecule has 1 fully saturated rings. The van der Waals surface area contributed by atoms with Crippen LogP contribution in [0.25, 0.3) is 0 Å². The first-order chi connectivity index (χ1) is 14.7. The normalized spacial score (nSPS) is 16.9. The number of ether oxygens (including phenoxy) is 1. The zero-order valence-electron chi connectivity index (χ0n) is 16.9. The number of nitrogens with zero attached hydrogens (tertiary/aromatic N) is 2. The van der Waals surface area contributed by atoms with Crippen LogP contribution >= 0.6 is 0 Å². The van der Waals surface area contributed by atoms with Crippen molar-refractivity contribution in [1.29, 1.82) is 0 Å². The molecule has 162 valence electrons. The van der Waals surface area contributed by atoms with Crippen LogP contribution < -0.4 is 10.1 Å². The van der Waals surface area contributed by atoms with Crippen LogP contribution in [0.4, 0.5) is 16.2 Å². The van der Waals surface area contributed by atoms with Gasteiger partial charge in [0.15, 0.2) is 6.23 Å². The molecule has 3 amide bonds. The molecule has 1 atom stereocenters. The third-order valence-electron chi connectivity index (χ3n) is 5.51. The van der Waals surface area contributed by atoms with E-state index in [2.05, 4.69) is 5.32 Å². The molecule has 3 rings (SSSR count). The lowest BCUT2D eigenvalue weighted by molar-refractivity contribution is -0.384. The summed E-state index contributed by atoms with van der Waals surface area (Å²) < 4.78 is 5.94. The molecular weight excluding hydrogens is 406 g/mol. The second-order valence-electron chi connectivity index (χ2n) is 7.07. The SMILES string of the molecule is CCC1(CC)C(=O)N(C(=O)Nc2ccc([N+](=O)[O-])cc2)C1Oc1ccc(C(=O)O)cc1. The number of amides is 3. The summed E-state index contributed by atoms with van der Waals surface area (Å²) in [6.45, 7) is 3.66. The molecule has 2 N–H and O–H groups in total. The summed E-state index contributed by atoms with van der Waals surface area (Å²) in [5.74, 6) is -1.14. The number of nitro benzene ring substituents is 1. The van der Waals surface area contributed by atoms with Crippen LogP contribution in [0.2, 0.25) is 0 Å². The molecule has 2 aromatic rings. The van der Waals surface area contributed by atoms with E-state index < -0.39 is 28.6 Å². The maximum Gasteiger partial charge on any atom is 0.335 e. The Balaban J connectivity index is 1.81. The number of anilines is 1. The van der Waals surface area contributed by atoms with Crippen molar-refractivity contribution >= 4 is 29.3 Å². The van der Waals surface area contributed by atoms with Crippen LogP contribution in [-0.2, 0) is 4.79 Å². The molecule has 1 heterocycles. The molecule has 1 unspecified atom stereocenters. The summed E-state index contributed by atoms with van der Waals surface area (Å²) in [5.41, 5.74) is -0.640. The highest BCUT2D eigenvalue weighted by Gasteiger charge is 2.62. The van der Waals surface area contributed by atoms with Gasteiger partial charge in [0.2, 0.25) is 5.91 Å². The Morgan fingerprint density at radius 1 is 1.13 bits per heavy atom. The summed E-state index contributed by atoms with van der Waals surface area (Å²) in [5, 5.41) is 22.3. The van der Waals surface area contributed by atoms with Gasteiger partial charge in [-0.25, -0.2) is 14.5 Å². The molecule has 10 nitrogen and oxygen atoms in total. The highest BCUT2D eigenvalue weighted by atomic mass is 16.6. The lowest BCUT2D eigenvalue weighted by Gasteiger charge is -2.53. The lowest BCUT2D eigenvalue weighted by Crippen LogP contribution is -2.73. The van der Waals surface area contributed by atoms with Crippen molar-refractivity contribution in [3.8, 4) is 5.75 Å². The Labute approximate surface area is 177 Å². The predicted octanol–water partition coefficient (Wildman–Crippen LogP) is 3.88. The fourth-order valence-corrected chi connectivity index (χ4v) is 3.55. The summed E-state index contributed by atoms with van der Waals surface area (Å²) in [7, 11) is 0. The Hall–Kier alpha value is -3.95. The quantitative estimate of drug-likeness (QED) is 0.388. The first kappa shape index (κ1) is 21.8. The molecule has 1 aliphatic rings. The molecule has 1 saturated heterocycles. The molecule has 0 aromatic heterocycles. The van der Waals surface area contributed by atoms with Crippen molar-refractivity contribution in [2.75, 3.05) is 5.32 Å². The van der Waals surface area contributed by atoms with Crippen molar-refractivity contribution in [2.24, 2.45) is 5.41 Å². The fraction of sp³-hybridized carbons (Fsp3) is 0.286. The Kier molecular flexibility index (Phi) is 5.91. The van der Waals surface area contributed by atoms with E-state index in [0.717, 1.165) is 4.90 Å². The van der Waals surface area contributed by atoms with Gasteiger partial charge in [0, 0.05) is 17.8 Å². The monoisotopic (exact) mass is 427 g/mol. The van der Waals surface area contributed by atoms with E-state index in [0.29, 0.717) is 24.3 Å². The van der Waals surface area contributed by atoms with Crippen molar-refractivity contribution in [2.45, 2.75) is 32.9 Å². The number of carboxylic acids is 1. The van der Waals surface area contributed by atoms with Crippen molar-refractivity contribution in [1.82, 2.24) is 4.90 Å². The highest BCUT2D eigenvalue weighted by molar-refractivity contribution is 6.07. The second-order valence-corrected chi connectivity index (χ2v) is 7.07. The van der Waals surface area contributed by atoms with Gasteiger partial charge in [0.25, 0.3) is 5.69 Å². The minimum Gasteiger partial charge on any atom is -0.478 e. The number of urea groups is 1. The van der Waals surface area contributed by atoms with Crippen LogP contribution in [0.5, 0.6) is 5.75 Å². The summed E-state index contributed by atoms with van der Waals surface area (Å²) >= 11 is 0. The number of carboxylic acid groups (broad SMARTS) is 1. The minimum atomic E-state index is -1.08. The minimum absolute atomic E-state index is 0.0852. The zero-order chi connectivity index (χ0) is 22.8. The lowest BCUT2D eigenvalue weighted by atomic mass is 9.72. The number of non-ortho nitro benzene ring substituents is 1. The first-order valence-corrected chi connectivity index (χ1v) is 9.62. The van der Waals surface area contributed by atoms with Gasteiger partial charge in [0.05, 0.1) is 10.5 Å². The summed E-state index contributed by atoms with van der Waals surface area (Å²) in [4.78, 5) is 47.9. The Bertz CT molecular complexity index is 1010. The van der Waals surface area contributed by atoms with E-state index in [1.807, 2.05) is 13.8 Å². The van der Waals surface area contributed by atoms with E-state index >= 15 is 0 Å². The van der Waals surface area contributed by atoms with Gasteiger partial charge >= 0.3 is 12.0 Å². The van der Waals surface area contributed by atoms with Crippen LogP contribution in [-0.4, -0.2) is 39.1 Å². The number of aromatic carboxylic acids is 1. The molecule has 0 saturated carbocycles. The number of imide groups is 1. The van der Waals surface area contributed by atoms with Crippen LogP contribution in [0.1, 0.15) is 37.0 Å². The van der Waals surface area contributed by atoms with E-state index in [-0.39, 0.29) is 17.2 Å². The fourth-order valence-electron chi connectivity index (χ4n) is 3.55. The standard InChI is InChI=1S/C21H21N3O7/c1-3-21(4-2)18(27)23(19(21)31-16-11-5-13(6-12-16)17(25)26)20(28)22-14-7-9-15(10-8-14)24(29)30/h5-12,19H,3-4H2,1-2H3,(H,22,28)(H,25,26). The molecule has 2 aromatic carbocycles. The van der Waals surface area contributed by atoms with Gasteiger partial charge in [-0.15, -0.1) is 0 Å². The van der Waals surface area contributed by atoms with Crippen molar-refractivity contribution in [3.63, 3.8) is 0 Å². The zero-order valence-corrected chi connectivity index (χ0v) is 16.9. The number of nitro groups is 1. The third kappa shape index (κ3) is 3.91. The number of benzene rings is 2. The van der Waals surface area contributed by atoms with Crippen LogP contribution in [0.15, 0.2) is 48.5 Å².